The number of thiophene rings is 1. The van der Waals surface area contributed by atoms with Crippen molar-refractivity contribution in [3.05, 3.63) is 71.6 Å². The molecule has 0 spiro atoms. The van der Waals surface area contributed by atoms with E-state index in [1.54, 1.807) is 6.07 Å². The molecule has 0 amide bonds. The van der Waals surface area contributed by atoms with Gasteiger partial charge in [-0.15, -0.1) is 23.1 Å². The van der Waals surface area contributed by atoms with Crippen LogP contribution >= 0.6 is 23.1 Å². The Balaban J connectivity index is 0.00000162. The monoisotopic (exact) mass is 501 g/mol. The number of nitrogens with zero attached hydrogens (tertiary/aromatic N) is 3. The molecule has 2 aromatic carbocycles. The molecule has 5 rings (SSSR count). The molecule has 0 bridgehead atoms. The second kappa shape index (κ2) is 11.7. The number of thioether (sulfide) groups is 1. The number of fused-ring (bicyclic) bond motifs is 1. The third kappa shape index (κ3) is 5.56. The van der Waals surface area contributed by atoms with Crippen LogP contribution in [0.15, 0.2) is 65.1 Å². The van der Waals surface area contributed by atoms with Gasteiger partial charge in [0.05, 0.1) is 5.52 Å². The van der Waals surface area contributed by atoms with Crippen molar-refractivity contribution in [1.82, 2.24) is 14.9 Å². The van der Waals surface area contributed by atoms with Gasteiger partial charge in [0.1, 0.15) is 22.9 Å². The highest BCUT2D eigenvalue weighted by molar-refractivity contribution is 7.98. The normalized spacial score (nSPS) is 14.4. The van der Waals surface area contributed by atoms with E-state index in [1.807, 2.05) is 23.8 Å². The number of rotatable bonds is 6. The van der Waals surface area contributed by atoms with Gasteiger partial charge in [-0.3, -0.25) is 4.90 Å². The van der Waals surface area contributed by atoms with Gasteiger partial charge in [-0.2, -0.15) is 0 Å². The highest BCUT2D eigenvalue weighted by Gasteiger charge is 2.23. The van der Waals surface area contributed by atoms with Crippen molar-refractivity contribution in [3.63, 3.8) is 0 Å². The average molecular weight is 502 g/mol. The first-order valence-electron chi connectivity index (χ1n) is 10.7. The summed E-state index contributed by atoms with van der Waals surface area (Å²) in [6.45, 7) is 2.97. The van der Waals surface area contributed by atoms with Crippen molar-refractivity contribution >= 4 is 33.3 Å². The zero-order valence-electron chi connectivity index (χ0n) is 18.8. The molecule has 6 nitrogen and oxygen atoms in total. The van der Waals surface area contributed by atoms with E-state index in [0.29, 0.717) is 11.4 Å². The lowest BCUT2D eigenvalue weighted by atomic mass is 10.1. The Bertz CT molecular complexity index is 1210. The summed E-state index contributed by atoms with van der Waals surface area (Å²) in [5.74, 6) is 0.373. The number of hydrogen-bond donors (Lipinski definition) is 0. The molecule has 0 radical (unpaired) electrons. The van der Waals surface area contributed by atoms with Gasteiger partial charge in [-0.1, -0.05) is 36.4 Å². The molecule has 1 fully saturated rings. The van der Waals surface area contributed by atoms with Crippen molar-refractivity contribution in [2.75, 3.05) is 19.3 Å². The predicted molar refractivity (Wildman–Crippen MR) is 137 cm³/mol. The minimum Gasteiger partial charge on any atom is -0.473 e. The highest BCUT2D eigenvalue weighted by atomic mass is 32.2. The molecule has 3 heterocycles. The van der Waals surface area contributed by atoms with Gasteiger partial charge in [0.15, 0.2) is 0 Å². The van der Waals surface area contributed by atoms with Gasteiger partial charge < -0.3 is 15.7 Å². The standard InChI is InChI=1S/C25H24FN3OS2.2H2O/c1-31-19-7-8-20(22(26)13-19)21-15-32-24-23(21)27-16-28-25(24)30-18-9-11-29(12-10-18)14-17-5-3-2-4-6-17;;/h2-8,13,15-16,18H,9-12,14H2,1H3;2*1H2. The largest absolute Gasteiger partial charge is 0.473 e. The minimum absolute atomic E-state index is 0. The fourth-order valence-electron chi connectivity index (χ4n) is 4.13. The number of likely N-dealkylation sites (tertiary alicyclic amines) is 1. The molecule has 9 heteroatoms. The summed E-state index contributed by atoms with van der Waals surface area (Å²) in [4.78, 5) is 12.2. The van der Waals surface area contributed by atoms with Crippen molar-refractivity contribution < 1.29 is 20.1 Å². The van der Waals surface area contributed by atoms with Crippen LogP contribution < -0.4 is 4.74 Å². The molecule has 34 heavy (non-hydrogen) atoms. The molecule has 4 N–H and O–H groups in total. The second-order valence-electron chi connectivity index (χ2n) is 7.93. The Labute approximate surface area is 206 Å². The van der Waals surface area contributed by atoms with Gasteiger partial charge in [-0.05, 0) is 36.8 Å². The highest BCUT2D eigenvalue weighted by Crippen LogP contribution is 2.38. The second-order valence-corrected chi connectivity index (χ2v) is 9.69. The molecule has 0 saturated carbocycles. The van der Waals surface area contributed by atoms with Crippen LogP contribution in [0.3, 0.4) is 0 Å². The third-order valence-corrected chi connectivity index (χ3v) is 7.53. The average Bonchev–Trinajstić information content (AvgIpc) is 3.26. The van der Waals surface area contributed by atoms with E-state index >= 15 is 0 Å². The van der Waals surface area contributed by atoms with E-state index in [1.165, 1.54) is 35.0 Å². The Morgan fingerprint density at radius 2 is 1.82 bits per heavy atom. The molecule has 0 aliphatic carbocycles. The Morgan fingerprint density at radius 1 is 1.06 bits per heavy atom. The number of benzene rings is 2. The number of ether oxygens (including phenoxy) is 1. The van der Waals surface area contributed by atoms with E-state index in [0.717, 1.165) is 53.2 Å². The van der Waals surface area contributed by atoms with E-state index in [9.17, 15) is 4.39 Å². The van der Waals surface area contributed by atoms with Crippen LogP contribution in [-0.4, -0.2) is 51.3 Å². The fourth-order valence-corrected chi connectivity index (χ4v) is 5.51. The third-order valence-electron chi connectivity index (χ3n) is 5.85. The summed E-state index contributed by atoms with van der Waals surface area (Å²) in [5.41, 5.74) is 3.44. The summed E-state index contributed by atoms with van der Waals surface area (Å²) in [6.07, 6.45) is 5.51. The van der Waals surface area contributed by atoms with Gasteiger partial charge in [-0.25, -0.2) is 14.4 Å². The Kier molecular flexibility index (Phi) is 8.98. The molecule has 0 atom stereocenters. The number of aromatic nitrogens is 2. The van der Waals surface area contributed by atoms with Crippen LogP contribution in [0.25, 0.3) is 21.3 Å². The molecule has 1 saturated heterocycles. The molecule has 4 aromatic rings. The van der Waals surface area contributed by atoms with Crippen LogP contribution in [0, 0.1) is 5.82 Å². The summed E-state index contributed by atoms with van der Waals surface area (Å²) in [7, 11) is 0. The lowest BCUT2D eigenvalue weighted by molar-refractivity contribution is 0.0946. The summed E-state index contributed by atoms with van der Waals surface area (Å²) >= 11 is 3.04. The lowest BCUT2D eigenvalue weighted by Gasteiger charge is -2.31. The van der Waals surface area contributed by atoms with Crippen LogP contribution in [0.4, 0.5) is 4.39 Å². The molecule has 2 aromatic heterocycles. The maximum absolute atomic E-state index is 14.7. The molecular weight excluding hydrogens is 473 g/mol. The zero-order chi connectivity index (χ0) is 21.9. The van der Waals surface area contributed by atoms with Crippen molar-refractivity contribution in [3.8, 4) is 17.0 Å². The lowest BCUT2D eigenvalue weighted by Crippen LogP contribution is -2.37. The first kappa shape index (κ1) is 26.1. The molecular formula is C25H28FN3O3S2. The van der Waals surface area contributed by atoms with E-state index in [4.69, 9.17) is 4.74 Å². The SMILES string of the molecule is CSc1ccc(-c2csc3c(OC4CCN(Cc5ccccc5)CC4)ncnc23)c(F)c1.O.O. The quantitative estimate of drug-likeness (QED) is 0.359. The maximum atomic E-state index is 14.7. The van der Waals surface area contributed by atoms with Crippen molar-refractivity contribution in [1.29, 1.82) is 0 Å². The van der Waals surface area contributed by atoms with Gasteiger partial charge >= 0.3 is 0 Å². The molecule has 180 valence electrons. The van der Waals surface area contributed by atoms with E-state index in [2.05, 4.69) is 45.2 Å². The van der Waals surface area contributed by atoms with Crippen LogP contribution in [0.1, 0.15) is 18.4 Å². The van der Waals surface area contributed by atoms with Crippen LogP contribution in [0.5, 0.6) is 5.88 Å². The molecule has 0 unspecified atom stereocenters. The summed E-state index contributed by atoms with van der Waals surface area (Å²) in [6, 6.07) is 15.9. The maximum Gasteiger partial charge on any atom is 0.235 e. The van der Waals surface area contributed by atoms with E-state index < -0.39 is 0 Å². The topological polar surface area (TPSA) is 101 Å². The van der Waals surface area contributed by atoms with Crippen LogP contribution in [-0.2, 0) is 6.54 Å². The van der Waals surface area contributed by atoms with Crippen molar-refractivity contribution in [2.45, 2.75) is 30.4 Å². The zero-order valence-corrected chi connectivity index (χ0v) is 20.5. The Morgan fingerprint density at radius 3 is 2.53 bits per heavy atom. The summed E-state index contributed by atoms with van der Waals surface area (Å²) < 4.78 is 21.9. The van der Waals surface area contributed by atoms with Crippen molar-refractivity contribution in [2.24, 2.45) is 0 Å². The minimum atomic E-state index is -0.233. The van der Waals surface area contributed by atoms with E-state index in [-0.39, 0.29) is 22.9 Å². The smallest absolute Gasteiger partial charge is 0.235 e. The summed E-state index contributed by atoms with van der Waals surface area (Å²) in [5, 5.41) is 1.95. The van der Waals surface area contributed by atoms with Gasteiger partial charge in [0.2, 0.25) is 5.88 Å². The molecule has 1 aliphatic rings. The predicted octanol–water partition coefficient (Wildman–Crippen LogP) is 4.61. The number of piperidine rings is 1. The first-order chi connectivity index (χ1) is 15.7. The van der Waals surface area contributed by atoms with Gasteiger partial charge in [0, 0.05) is 41.0 Å². The van der Waals surface area contributed by atoms with Gasteiger partial charge in [0.25, 0.3) is 0 Å². The number of halogens is 1. The number of hydrogen-bond acceptors (Lipinski definition) is 6. The molecule has 1 aliphatic heterocycles. The Hall–Kier alpha value is -2.56. The fraction of sp³-hybridized carbons (Fsp3) is 0.280. The first-order valence-corrected chi connectivity index (χ1v) is 12.8. The van der Waals surface area contributed by atoms with Crippen LogP contribution in [0.2, 0.25) is 0 Å².